The normalized spacial score (nSPS) is 19.4. The van der Waals surface area contributed by atoms with Crippen molar-refractivity contribution in [3.8, 4) is 0 Å². The second kappa shape index (κ2) is 9.81. The van der Waals surface area contributed by atoms with Gasteiger partial charge in [-0.2, -0.15) is 0 Å². The van der Waals surface area contributed by atoms with Crippen LogP contribution in [0.5, 0.6) is 0 Å². The quantitative estimate of drug-likeness (QED) is 0.814. The lowest BCUT2D eigenvalue weighted by Crippen LogP contribution is -2.32. The van der Waals surface area contributed by atoms with Crippen molar-refractivity contribution in [1.29, 1.82) is 0 Å². The van der Waals surface area contributed by atoms with Crippen LogP contribution in [0.25, 0.3) is 0 Å². The molecule has 1 aromatic carbocycles. The summed E-state index contributed by atoms with van der Waals surface area (Å²) in [5.41, 5.74) is 2.17. The average molecular weight is 344 g/mol. The molecule has 1 aromatic rings. The van der Waals surface area contributed by atoms with Crippen LogP contribution in [0.4, 0.5) is 11.4 Å². The number of rotatable bonds is 6. The molecule has 1 saturated heterocycles. The molecule has 0 spiro atoms. The zero-order valence-electron chi connectivity index (χ0n) is 15.4. The number of hydrogen-bond donors (Lipinski definition) is 2. The number of benzene rings is 1. The first-order chi connectivity index (χ1) is 12.3. The summed E-state index contributed by atoms with van der Waals surface area (Å²) in [5.74, 6) is 0.813. The van der Waals surface area contributed by atoms with Crippen LogP contribution < -0.4 is 15.5 Å². The number of amides is 1. The molecule has 1 amide bonds. The van der Waals surface area contributed by atoms with E-state index in [0.717, 1.165) is 31.2 Å². The van der Waals surface area contributed by atoms with Crippen molar-refractivity contribution in [3.05, 3.63) is 24.3 Å². The highest BCUT2D eigenvalue weighted by molar-refractivity contribution is 5.92. The van der Waals surface area contributed by atoms with Crippen molar-refractivity contribution in [2.75, 3.05) is 36.4 Å². The van der Waals surface area contributed by atoms with Gasteiger partial charge in [0.2, 0.25) is 5.91 Å². The topological polar surface area (TPSA) is 44.4 Å². The predicted molar refractivity (Wildman–Crippen MR) is 105 cm³/mol. The zero-order chi connectivity index (χ0) is 17.3. The van der Waals surface area contributed by atoms with E-state index in [4.69, 9.17) is 0 Å². The van der Waals surface area contributed by atoms with Gasteiger partial charge in [-0.25, -0.2) is 0 Å². The molecule has 0 bridgehead atoms. The molecule has 2 fully saturated rings. The lowest BCUT2D eigenvalue weighted by Gasteiger charge is -2.23. The lowest BCUT2D eigenvalue weighted by molar-refractivity contribution is -0.115. The maximum absolute atomic E-state index is 12.1. The van der Waals surface area contributed by atoms with Crippen molar-refractivity contribution < 1.29 is 4.79 Å². The van der Waals surface area contributed by atoms with E-state index in [2.05, 4.69) is 27.7 Å². The number of anilines is 2. The van der Waals surface area contributed by atoms with Gasteiger partial charge in [0.1, 0.15) is 0 Å². The largest absolute Gasteiger partial charge is 0.372 e. The van der Waals surface area contributed by atoms with Gasteiger partial charge in [0.05, 0.1) is 6.54 Å². The number of nitrogens with one attached hydrogen (secondary N) is 2. The van der Waals surface area contributed by atoms with Gasteiger partial charge in [-0.1, -0.05) is 32.1 Å². The smallest absolute Gasteiger partial charge is 0.238 e. The Morgan fingerprint density at radius 1 is 0.920 bits per heavy atom. The Morgan fingerprint density at radius 2 is 1.56 bits per heavy atom. The molecule has 0 unspecified atom stereocenters. The molecule has 0 aromatic heterocycles. The summed E-state index contributed by atoms with van der Waals surface area (Å²) in [6, 6.07) is 8.32. The molecule has 2 aliphatic rings. The van der Waals surface area contributed by atoms with E-state index < -0.39 is 0 Å². The first-order valence-electron chi connectivity index (χ1n) is 10.2. The van der Waals surface area contributed by atoms with Crippen LogP contribution >= 0.6 is 0 Å². The summed E-state index contributed by atoms with van der Waals surface area (Å²) >= 11 is 0. The third-order valence-corrected chi connectivity index (χ3v) is 5.57. The van der Waals surface area contributed by atoms with Crippen LogP contribution in [0.1, 0.15) is 57.8 Å². The minimum Gasteiger partial charge on any atom is -0.372 e. The molecule has 1 saturated carbocycles. The van der Waals surface area contributed by atoms with Gasteiger partial charge < -0.3 is 15.5 Å². The van der Waals surface area contributed by atoms with E-state index in [9.17, 15) is 4.79 Å². The molecular weight excluding hydrogens is 310 g/mol. The number of nitrogens with zero attached hydrogens (tertiary/aromatic N) is 1. The Bertz CT molecular complexity index is 514. The first kappa shape index (κ1) is 18.2. The molecule has 138 valence electrons. The maximum atomic E-state index is 12.1. The molecule has 0 atom stereocenters. The molecule has 0 radical (unpaired) electrons. The molecule has 1 heterocycles. The van der Waals surface area contributed by atoms with Crippen molar-refractivity contribution in [3.63, 3.8) is 0 Å². The second-order valence-corrected chi connectivity index (χ2v) is 7.63. The van der Waals surface area contributed by atoms with Gasteiger partial charge in [-0.05, 0) is 62.4 Å². The van der Waals surface area contributed by atoms with Gasteiger partial charge in [0.15, 0.2) is 0 Å². The highest BCUT2D eigenvalue weighted by atomic mass is 16.1. The molecule has 3 rings (SSSR count). The average Bonchev–Trinajstić information content (AvgIpc) is 2.93. The van der Waals surface area contributed by atoms with Gasteiger partial charge in [-0.3, -0.25) is 4.79 Å². The fraction of sp³-hybridized carbons (Fsp3) is 0.667. The van der Waals surface area contributed by atoms with Gasteiger partial charge >= 0.3 is 0 Å². The first-order valence-corrected chi connectivity index (χ1v) is 10.2. The van der Waals surface area contributed by atoms with Gasteiger partial charge in [0.25, 0.3) is 0 Å². The van der Waals surface area contributed by atoms with Crippen LogP contribution in [0.3, 0.4) is 0 Å². The maximum Gasteiger partial charge on any atom is 0.238 e. The summed E-state index contributed by atoms with van der Waals surface area (Å²) in [4.78, 5) is 14.6. The molecule has 2 N–H and O–H groups in total. The van der Waals surface area contributed by atoms with Crippen LogP contribution in [0, 0.1) is 5.92 Å². The molecular formula is C21H33N3O. The Labute approximate surface area is 152 Å². The molecule has 1 aliphatic carbocycles. The van der Waals surface area contributed by atoms with E-state index in [1.165, 1.54) is 63.5 Å². The van der Waals surface area contributed by atoms with E-state index in [1.54, 1.807) is 0 Å². The molecule has 4 heteroatoms. The van der Waals surface area contributed by atoms with Crippen molar-refractivity contribution in [2.24, 2.45) is 5.92 Å². The third kappa shape index (κ3) is 6.03. The Morgan fingerprint density at radius 3 is 2.24 bits per heavy atom. The highest BCUT2D eigenvalue weighted by Crippen LogP contribution is 2.23. The van der Waals surface area contributed by atoms with Crippen molar-refractivity contribution >= 4 is 17.3 Å². The SMILES string of the molecule is O=C(CNCC1CCCCC1)Nc1ccc(N2CCCCCC2)cc1. The predicted octanol–water partition coefficient (Wildman–Crippen LogP) is 4.18. The monoisotopic (exact) mass is 343 g/mol. The van der Waals surface area contributed by atoms with Crippen LogP contribution in [0.15, 0.2) is 24.3 Å². The Balaban J connectivity index is 1.40. The summed E-state index contributed by atoms with van der Waals surface area (Å²) in [6.07, 6.45) is 12.0. The Kier molecular flexibility index (Phi) is 7.16. The third-order valence-electron chi connectivity index (χ3n) is 5.57. The van der Waals surface area contributed by atoms with Crippen LogP contribution in [-0.4, -0.2) is 32.1 Å². The van der Waals surface area contributed by atoms with Crippen LogP contribution in [0.2, 0.25) is 0 Å². The summed E-state index contributed by atoms with van der Waals surface area (Å²) in [5, 5.41) is 6.33. The van der Waals surface area contributed by atoms with E-state index >= 15 is 0 Å². The van der Waals surface area contributed by atoms with Crippen molar-refractivity contribution in [1.82, 2.24) is 5.32 Å². The van der Waals surface area contributed by atoms with E-state index in [-0.39, 0.29) is 5.91 Å². The minimum atomic E-state index is 0.0540. The fourth-order valence-corrected chi connectivity index (χ4v) is 4.07. The van der Waals surface area contributed by atoms with Crippen molar-refractivity contribution in [2.45, 2.75) is 57.8 Å². The standard InChI is InChI=1S/C21H33N3O/c25-21(17-22-16-18-8-4-3-5-9-18)23-19-10-12-20(13-11-19)24-14-6-1-2-7-15-24/h10-13,18,22H,1-9,14-17H2,(H,23,25). The van der Waals surface area contributed by atoms with E-state index in [0.29, 0.717) is 6.54 Å². The zero-order valence-corrected chi connectivity index (χ0v) is 15.4. The minimum absolute atomic E-state index is 0.0540. The van der Waals surface area contributed by atoms with E-state index in [1.807, 2.05) is 12.1 Å². The number of carbonyl (C=O) groups excluding carboxylic acids is 1. The molecule has 4 nitrogen and oxygen atoms in total. The molecule has 25 heavy (non-hydrogen) atoms. The Hall–Kier alpha value is -1.55. The summed E-state index contributed by atoms with van der Waals surface area (Å²) in [6.45, 7) is 3.68. The van der Waals surface area contributed by atoms with Gasteiger partial charge in [-0.15, -0.1) is 0 Å². The highest BCUT2D eigenvalue weighted by Gasteiger charge is 2.13. The summed E-state index contributed by atoms with van der Waals surface area (Å²) < 4.78 is 0. The fourth-order valence-electron chi connectivity index (χ4n) is 4.07. The van der Waals surface area contributed by atoms with Crippen LogP contribution in [-0.2, 0) is 4.79 Å². The number of hydrogen-bond acceptors (Lipinski definition) is 3. The summed E-state index contributed by atoms with van der Waals surface area (Å²) in [7, 11) is 0. The second-order valence-electron chi connectivity index (χ2n) is 7.63. The van der Waals surface area contributed by atoms with Gasteiger partial charge in [0, 0.05) is 24.5 Å². The molecule has 1 aliphatic heterocycles. The number of carbonyl (C=O) groups is 1. The lowest BCUT2D eigenvalue weighted by atomic mass is 9.89.